The van der Waals surface area contributed by atoms with Gasteiger partial charge in [0.1, 0.15) is 0 Å². The van der Waals surface area contributed by atoms with Gasteiger partial charge in [0.05, 0.1) is 13.2 Å². The first-order valence-electron chi connectivity index (χ1n) is 7.67. The Morgan fingerprint density at radius 3 is 2.57 bits per heavy atom. The summed E-state index contributed by atoms with van der Waals surface area (Å²) in [6.45, 7) is 2.52. The average Bonchev–Trinajstić information content (AvgIpc) is 2.79. The number of fused-ring (bicyclic) bond motifs is 2. The fourth-order valence-corrected chi connectivity index (χ4v) is 2.98. The number of rotatable bonds is 1. The maximum atomic E-state index is 5.78. The molecule has 4 rings (SSSR count). The minimum Gasteiger partial charge on any atom is -0.490 e. The second-order valence-corrected chi connectivity index (χ2v) is 5.61. The molecule has 0 fully saturated rings. The highest BCUT2D eigenvalue weighted by molar-refractivity contribution is 5.72. The first kappa shape index (κ1) is 12.6. The number of aryl methyl sites for hydroxylation is 1. The quantitative estimate of drug-likeness (QED) is 0.860. The molecule has 0 radical (unpaired) electrons. The highest BCUT2D eigenvalue weighted by Crippen LogP contribution is 2.35. The summed E-state index contributed by atoms with van der Waals surface area (Å²) in [4.78, 5) is 0. The highest BCUT2D eigenvalue weighted by atomic mass is 16.5. The van der Waals surface area contributed by atoms with Crippen molar-refractivity contribution in [1.29, 1.82) is 0 Å². The van der Waals surface area contributed by atoms with Crippen LogP contribution in [0.25, 0.3) is 11.1 Å². The molecule has 0 aromatic heterocycles. The van der Waals surface area contributed by atoms with E-state index in [-0.39, 0.29) is 0 Å². The zero-order valence-corrected chi connectivity index (χ0v) is 12.0. The molecule has 0 saturated carbocycles. The van der Waals surface area contributed by atoms with Crippen LogP contribution >= 0.6 is 0 Å². The van der Waals surface area contributed by atoms with Crippen LogP contribution < -0.4 is 14.8 Å². The molecular weight excluding hydrogens is 262 g/mol. The predicted octanol–water partition coefficient (Wildman–Crippen LogP) is 3.87. The van der Waals surface area contributed by atoms with Gasteiger partial charge in [0.2, 0.25) is 0 Å². The van der Waals surface area contributed by atoms with Crippen molar-refractivity contribution < 1.29 is 9.47 Å². The van der Waals surface area contributed by atoms with Crippen LogP contribution in [0, 0.1) is 0 Å². The fraction of sp³-hybridized carbons (Fsp3) is 0.333. The summed E-state index contributed by atoms with van der Waals surface area (Å²) in [5.74, 6) is 1.71. The lowest BCUT2D eigenvalue weighted by Gasteiger charge is -2.19. The zero-order valence-electron chi connectivity index (χ0n) is 12.0. The lowest BCUT2D eigenvalue weighted by molar-refractivity contribution is 0.297. The van der Waals surface area contributed by atoms with Crippen molar-refractivity contribution in [2.45, 2.75) is 19.3 Å². The number of ether oxygens (including phenoxy) is 2. The predicted molar refractivity (Wildman–Crippen MR) is 84.3 cm³/mol. The van der Waals surface area contributed by atoms with Gasteiger partial charge >= 0.3 is 0 Å². The van der Waals surface area contributed by atoms with Crippen molar-refractivity contribution in [3.8, 4) is 22.6 Å². The van der Waals surface area contributed by atoms with E-state index >= 15 is 0 Å². The summed E-state index contributed by atoms with van der Waals surface area (Å²) in [5.41, 5.74) is 5.08. The normalized spacial score (nSPS) is 16.6. The lowest BCUT2D eigenvalue weighted by atomic mass is 9.98. The molecule has 2 aromatic rings. The van der Waals surface area contributed by atoms with Gasteiger partial charge in [0, 0.05) is 18.7 Å². The molecule has 0 bridgehead atoms. The van der Waals surface area contributed by atoms with Crippen LogP contribution in [0.4, 0.5) is 5.69 Å². The van der Waals surface area contributed by atoms with Crippen molar-refractivity contribution in [3.05, 3.63) is 42.0 Å². The van der Waals surface area contributed by atoms with E-state index < -0.39 is 0 Å². The molecule has 0 amide bonds. The molecule has 2 aliphatic heterocycles. The van der Waals surface area contributed by atoms with E-state index in [9.17, 15) is 0 Å². The molecule has 2 aliphatic rings. The van der Waals surface area contributed by atoms with Crippen molar-refractivity contribution >= 4 is 5.69 Å². The minimum absolute atomic E-state index is 0.724. The third-order valence-corrected chi connectivity index (χ3v) is 4.13. The van der Waals surface area contributed by atoms with Crippen LogP contribution in [0.5, 0.6) is 11.5 Å². The largest absolute Gasteiger partial charge is 0.490 e. The Morgan fingerprint density at radius 1 is 0.810 bits per heavy atom. The van der Waals surface area contributed by atoms with Gasteiger partial charge < -0.3 is 14.8 Å². The maximum Gasteiger partial charge on any atom is 0.161 e. The summed E-state index contributed by atoms with van der Waals surface area (Å²) < 4.78 is 11.5. The Bertz CT molecular complexity index is 666. The van der Waals surface area contributed by atoms with E-state index in [1.54, 1.807) is 0 Å². The molecule has 2 aromatic carbocycles. The van der Waals surface area contributed by atoms with Gasteiger partial charge in [-0.3, -0.25) is 0 Å². The van der Waals surface area contributed by atoms with E-state index in [1.807, 2.05) is 6.07 Å². The van der Waals surface area contributed by atoms with E-state index in [1.165, 1.54) is 35.2 Å². The van der Waals surface area contributed by atoms with Gasteiger partial charge in [0.25, 0.3) is 0 Å². The van der Waals surface area contributed by atoms with Gasteiger partial charge in [-0.25, -0.2) is 0 Å². The lowest BCUT2D eigenvalue weighted by Crippen LogP contribution is -2.11. The van der Waals surface area contributed by atoms with Crippen LogP contribution in [0.15, 0.2) is 36.4 Å². The van der Waals surface area contributed by atoms with Crippen LogP contribution in [0.2, 0.25) is 0 Å². The molecule has 2 heterocycles. The van der Waals surface area contributed by atoms with Crippen molar-refractivity contribution in [2.75, 3.05) is 25.1 Å². The van der Waals surface area contributed by atoms with Crippen LogP contribution in [0.1, 0.15) is 18.4 Å². The van der Waals surface area contributed by atoms with Gasteiger partial charge in [-0.2, -0.15) is 0 Å². The second kappa shape index (κ2) is 5.32. The smallest absolute Gasteiger partial charge is 0.161 e. The molecular formula is C18H19NO2. The molecule has 3 heteroatoms. The van der Waals surface area contributed by atoms with Crippen LogP contribution in [-0.4, -0.2) is 19.8 Å². The molecule has 0 atom stereocenters. The third-order valence-electron chi connectivity index (χ3n) is 4.13. The molecule has 0 aliphatic carbocycles. The number of hydrogen-bond acceptors (Lipinski definition) is 3. The summed E-state index contributed by atoms with van der Waals surface area (Å²) in [7, 11) is 0. The molecule has 3 nitrogen and oxygen atoms in total. The van der Waals surface area contributed by atoms with Gasteiger partial charge in [0.15, 0.2) is 11.5 Å². The van der Waals surface area contributed by atoms with Crippen molar-refractivity contribution in [2.24, 2.45) is 0 Å². The molecule has 0 saturated heterocycles. The number of benzene rings is 2. The van der Waals surface area contributed by atoms with E-state index in [2.05, 4.69) is 35.6 Å². The summed E-state index contributed by atoms with van der Waals surface area (Å²) in [5, 5.41) is 3.49. The Kier molecular flexibility index (Phi) is 3.18. The summed E-state index contributed by atoms with van der Waals surface area (Å²) in [6.07, 6.45) is 3.33. The standard InChI is InChI=1S/C18H19NO2/c1-3-13-4-5-14(11-16(13)19-8-1)15-6-7-17-18(12-15)21-10-2-9-20-17/h4-7,11-12,19H,1-3,8-10H2. The Balaban J connectivity index is 1.71. The fourth-order valence-electron chi connectivity index (χ4n) is 2.98. The molecule has 21 heavy (non-hydrogen) atoms. The monoisotopic (exact) mass is 281 g/mol. The van der Waals surface area contributed by atoms with Crippen molar-refractivity contribution in [3.63, 3.8) is 0 Å². The van der Waals surface area contributed by atoms with Gasteiger partial charge in [-0.05, 0) is 47.7 Å². The van der Waals surface area contributed by atoms with Gasteiger partial charge in [-0.1, -0.05) is 18.2 Å². The molecule has 0 unspecified atom stereocenters. The number of nitrogens with one attached hydrogen (secondary N) is 1. The molecule has 108 valence electrons. The maximum absolute atomic E-state index is 5.78. The van der Waals surface area contributed by atoms with Gasteiger partial charge in [-0.15, -0.1) is 0 Å². The zero-order chi connectivity index (χ0) is 14.1. The SMILES string of the molecule is c1cc2c(cc1-c1ccc3c(c1)OCCCO3)NCCC2. The molecule has 1 N–H and O–H groups in total. The third kappa shape index (κ3) is 2.44. The topological polar surface area (TPSA) is 30.5 Å². The summed E-state index contributed by atoms with van der Waals surface area (Å²) in [6, 6.07) is 12.9. The first-order valence-corrected chi connectivity index (χ1v) is 7.67. The number of anilines is 1. The Morgan fingerprint density at radius 2 is 1.62 bits per heavy atom. The van der Waals surface area contributed by atoms with E-state index in [0.29, 0.717) is 0 Å². The second-order valence-electron chi connectivity index (χ2n) is 5.61. The first-order chi connectivity index (χ1) is 10.4. The van der Waals surface area contributed by atoms with E-state index in [0.717, 1.165) is 37.7 Å². The number of hydrogen-bond donors (Lipinski definition) is 1. The van der Waals surface area contributed by atoms with Crippen LogP contribution in [0.3, 0.4) is 0 Å². The molecule has 0 spiro atoms. The Hall–Kier alpha value is -2.16. The summed E-state index contributed by atoms with van der Waals surface area (Å²) >= 11 is 0. The minimum atomic E-state index is 0.724. The van der Waals surface area contributed by atoms with Crippen molar-refractivity contribution in [1.82, 2.24) is 0 Å². The highest BCUT2D eigenvalue weighted by Gasteiger charge is 2.13. The van der Waals surface area contributed by atoms with Crippen LogP contribution in [-0.2, 0) is 6.42 Å². The van der Waals surface area contributed by atoms with E-state index in [4.69, 9.17) is 9.47 Å². The average molecular weight is 281 g/mol. The Labute approximate surface area is 124 Å².